The molecule has 0 N–H and O–H groups in total. The number of hydrogen-bond donors (Lipinski definition) is 0. The van der Waals surface area contributed by atoms with Crippen molar-refractivity contribution in [2.75, 3.05) is 39.3 Å². The van der Waals surface area contributed by atoms with Crippen LogP contribution in [0.4, 0.5) is 0 Å². The molecule has 2 aromatic heterocycles. The molecule has 0 radical (unpaired) electrons. The van der Waals surface area contributed by atoms with Gasteiger partial charge in [0.05, 0.1) is 30.4 Å². The molecule has 198 valence electrons. The molecule has 0 spiro atoms. The monoisotopic (exact) mass is 534 g/mol. The molecule has 1 aliphatic rings. The number of rotatable bonds is 8. The zero-order valence-corrected chi connectivity index (χ0v) is 25.2. The number of aromatic nitrogens is 2. The molecular formula is C31H42N4S2. The lowest BCUT2D eigenvalue weighted by Gasteiger charge is -2.21. The second-order valence-corrected chi connectivity index (χ2v) is 13.2. The molecule has 0 amide bonds. The Morgan fingerprint density at radius 2 is 1.05 bits per heavy atom. The van der Waals surface area contributed by atoms with Gasteiger partial charge in [0.2, 0.25) is 0 Å². The molecule has 0 bridgehead atoms. The molecule has 1 aliphatic heterocycles. The van der Waals surface area contributed by atoms with Crippen LogP contribution < -0.4 is 0 Å². The second kappa shape index (κ2) is 11.5. The van der Waals surface area contributed by atoms with Gasteiger partial charge in [-0.3, -0.25) is 0 Å². The first-order valence-electron chi connectivity index (χ1n) is 14.0. The van der Waals surface area contributed by atoms with Gasteiger partial charge in [0.15, 0.2) is 0 Å². The Kier molecular flexibility index (Phi) is 8.30. The smallest absolute Gasteiger partial charge is 0.0939 e. The second-order valence-electron chi connectivity index (χ2n) is 11.0. The predicted octanol–water partition coefficient (Wildman–Crippen LogP) is 7.33. The van der Waals surface area contributed by atoms with Crippen LogP contribution >= 0.6 is 22.7 Å². The molecule has 1 fully saturated rings. The van der Waals surface area contributed by atoms with Gasteiger partial charge < -0.3 is 9.80 Å². The highest BCUT2D eigenvalue weighted by Gasteiger charge is 2.16. The molecule has 0 unspecified atom stereocenters. The molecule has 5 rings (SSSR count). The van der Waals surface area contributed by atoms with Gasteiger partial charge in [-0.2, -0.15) is 0 Å². The highest BCUT2D eigenvalue weighted by atomic mass is 32.1. The van der Waals surface area contributed by atoms with Crippen LogP contribution in [0.3, 0.4) is 0 Å². The van der Waals surface area contributed by atoms with Crippen molar-refractivity contribution in [3.05, 3.63) is 55.5 Å². The minimum atomic E-state index is 1.10. The third kappa shape index (κ3) is 5.93. The van der Waals surface area contributed by atoms with E-state index in [1.165, 1.54) is 122 Å². The van der Waals surface area contributed by atoms with E-state index in [0.29, 0.717) is 0 Å². The first-order valence-corrected chi connectivity index (χ1v) is 15.6. The Morgan fingerprint density at radius 1 is 0.622 bits per heavy atom. The van der Waals surface area contributed by atoms with E-state index in [1.807, 2.05) is 22.7 Å². The van der Waals surface area contributed by atoms with Gasteiger partial charge in [0.25, 0.3) is 0 Å². The van der Waals surface area contributed by atoms with Crippen molar-refractivity contribution in [3.8, 4) is 0 Å². The largest absolute Gasteiger partial charge is 0.302 e. The standard InChI is InChI=1S/C31H42N4S2/c1-20-18-26-30(24(5)22(20)3)36-28(32-26)10-7-12-34-14-9-15-35(17-16-34)13-8-11-29-33-27-19-21(2)23(4)25(6)31(27)37-29/h18-19H,7-17H2,1-6H3. The van der Waals surface area contributed by atoms with E-state index in [9.17, 15) is 0 Å². The van der Waals surface area contributed by atoms with E-state index < -0.39 is 0 Å². The van der Waals surface area contributed by atoms with Crippen molar-refractivity contribution in [1.29, 1.82) is 0 Å². The van der Waals surface area contributed by atoms with E-state index in [1.54, 1.807) is 0 Å². The van der Waals surface area contributed by atoms with Gasteiger partial charge >= 0.3 is 0 Å². The number of fused-ring (bicyclic) bond motifs is 2. The Labute approximate surface area is 230 Å². The number of hydrogen-bond acceptors (Lipinski definition) is 6. The van der Waals surface area contributed by atoms with Crippen LogP contribution in [-0.2, 0) is 12.8 Å². The van der Waals surface area contributed by atoms with Gasteiger partial charge in [0, 0.05) is 25.9 Å². The third-order valence-corrected chi connectivity index (χ3v) is 11.0. The Balaban J connectivity index is 1.07. The van der Waals surface area contributed by atoms with Crippen molar-refractivity contribution in [1.82, 2.24) is 19.8 Å². The van der Waals surface area contributed by atoms with Gasteiger partial charge in [-0.1, -0.05) is 0 Å². The molecular weight excluding hydrogens is 493 g/mol. The summed E-state index contributed by atoms with van der Waals surface area (Å²) in [4.78, 5) is 15.3. The van der Waals surface area contributed by atoms with Crippen LogP contribution in [0.2, 0.25) is 0 Å². The zero-order valence-electron chi connectivity index (χ0n) is 23.5. The summed E-state index contributed by atoms with van der Waals surface area (Å²) in [5, 5.41) is 2.60. The van der Waals surface area contributed by atoms with Gasteiger partial charge in [-0.15, -0.1) is 22.7 Å². The molecule has 4 nitrogen and oxygen atoms in total. The van der Waals surface area contributed by atoms with Crippen molar-refractivity contribution >= 4 is 43.1 Å². The van der Waals surface area contributed by atoms with Crippen molar-refractivity contribution in [3.63, 3.8) is 0 Å². The molecule has 0 aliphatic carbocycles. The highest BCUT2D eigenvalue weighted by Crippen LogP contribution is 2.31. The molecule has 3 heterocycles. The molecule has 1 saturated heterocycles. The lowest BCUT2D eigenvalue weighted by molar-refractivity contribution is 0.253. The normalized spacial score (nSPS) is 15.7. The van der Waals surface area contributed by atoms with E-state index in [4.69, 9.17) is 9.97 Å². The summed E-state index contributed by atoms with van der Waals surface area (Å²) < 4.78 is 2.77. The Morgan fingerprint density at radius 3 is 1.49 bits per heavy atom. The number of thiazole rings is 2. The quantitative estimate of drug-likeness (QED) is 0.237. The maximum atomic E-state index is 4.96. The molecule has 4 aromatic rings. The Bertz CT molecular complexity index is 1290. The van der Waals surface area contributed by atoms with Crippen LogP contribution in [0.1, 0.15) is 62.7 Å². The van der Waals surface area contributed by atoms with E-state index >= 15 is 0 Å². The van der Waals surface area contributed by atoms with E-state index in [0.717, 1.165) is 12.8 Å². The van der Waals surface area contributed by atoms with Crippen LogP contribution in [-0.4, -0.2) is 59.0 Å². The summed E-state index contributed by atoms with van der Waals surface area (Å²) in [5.41, 5.74) is 10.8. The first kappa shape index (κ1) is 26.7. The average molecular weight is 535 g/mol. The van der Waals surface area contributed by atoms with Crippen molar-refractivity contribution < 1.29 is 0 Å². The highest BCUT2D eigenvalue weighted by molar-refractivity contribution is 7.19. The Hall–Kier alpha value is -1.86. The fraction of sp³-hybridized carbons (Fsp3) is 0.548. The number of nitrogens with zero attached hydrogens (tertiary/aromatic N) is 4. The van der Waals surface area contributed by atoms with Gasteiger partial charge in [-0.25, -0.2) is 9.97 Å². The molecule has 6 heteroatoms. The van der Waals surface area contributed by atoms with Gasteiger partial charge in [0.1, 0.15) is 0 Å². The predicted molar refractivity (Wildman–Crippen MR) is 162 cm³/mol. The fourth-order valence-corrected chi connectivity index (χ4v) is 7.92. The number of aryl methyl sites for hydroxylation is 6. The fourth-order valence-electron chi connectivity index (χ4n) is 5.64. The van der Waals surface area contributed by atoms with Crippen molar-refractivity contribution in [2.45, 2.75) is 73.6 Å². The minimum absolute atomic E-state index is 1.10. The van der Waals surface area contributed by atoms with Crippen LogP contribution in [0.25, 0.3) is 20.4 Å². The maximum absolute atomic E-state index is 4.96. The SMILES string of the molecule is Cc1cc2nc(CCCN3CCCN(CCCc4nc5cc(C)c(C)c(C)c5s4)CC3)sc2c(C)c1C. The van der Waals surface area contributed by atoms with Gasteiger partial charge in [-0.05, 0) is 132 Å². The number of benzene rings is 2. The molecule has 0 atom stereocenters. The summed E-state index contributed by atoms with van der Waals surface area (Å²) in [6.45, 7) is 20.6. The summed E-state index contributed by atoms with van der Waals surface area (Å²) in [6.07, 6.45) is 5.87. The van der Waals surface area contributed by atoms with Crippen LogP contribution in [0.15, 0.2) is 12.1 Å². The summed E-state index contributed by atoms with van der Waals surface area (Å²) in [6, 6.07) is 4.53. The van der Waals surface area contributed by atoms with E-state index in [-0.39, 0.29) is 0 Å². The van der Waals surface area contributed by atoms with Crippen LogP contribution in [0, 0.1) is 41.5 Å². The van der Waals surface area contributed by atoms with E-state index in [2.05, 4.69) is 63.5 Å². The minimum Gasteiger partial charge on any atom is -0.302 e. The molecule has 37 heavy (non-hydrogen) atoms. The maximum Gasteiger partial charge on any atom is 0.0939 e. The summed E-state index contributed by atoms with van der Waals surface area (Å²) in [7, 11) is 0. The molecule has 2 aromatic carbocycles. The summed E-state index contributed by atoms with van der Waals surface area (Å²) >= 11 is 3.81. The lowest BCUT2D eigenvalue weighted by Crippen LogP contribution is -2.32. The van der Waals surface area contributed by atoms with Crippen molar-refractivity contribution in [2.24, 2.45) is 0 Å². The molecule has 0 saturated carbocycles. The average Bonchev–Trinajstić information content (AvgIpc) is 3.39. The van der Waals surface area contributed by atoms with Crippen LogP contribution in [0.5, 0.6) is 0 Å². The third-order valence-electron chi connectivity index (χ3n) is 8.50. The lowest BCUT2D eigenvalue weighted by atomic mass is 10.0. The zero-order chi connectivity index (χ0) is 26.1. The topological polar surface area (TPSA) is 32.3 Å². The summed E-state index contributed by atoms with van der Waals surface area (Å²) in [5.74, 6) is 0. The first-order chi connectivity index (χ1) is 17.8.